The van der Waals surface area contributed by atoms with Crippen molar-refractivity contribution in [3.05, 3.63) is 34.3 Å². The monoisotopic (exact) mass is 349 g/mol. The first-order valence-electron chi connectivity index (χ1n) is 8.23. The van der Waals surface area contributed by atoms with Gasteiger partial charge in [-0.1, -0.05) is 53.7 Å². The van der Waals surface area contributed by atoms with Gasteiger partial charge in [-0.15, -0.1) is 0 Å². The number of rotatable bonds is 4. The van der Waals surface area contributed by atoms with Crippen LogP contribution in [0.1, 0.15) is 56.9 Å². The molecule has 1 amide bonds. The number of carbonyl (C=O) groups is 1. The van der Waals surface area contributed by atoms with Gasteiger partial charge in [-0.25, -0.2) is 0 Å². The van der Waals surface area contributed by atoms with Crippen LogP contribution in [0, 0.1) is 5.92 Å². The molecule has 2 aliphatic rings. The SMILES string of the molecule is O=C(NC1(Cc2ccc(Br)cc2)CCCCC1)C1CCC1. The van der Waals surface area contributed by atoms with Crippen molar-refractivity contribution in [1.29, 1.82) is 0 Å². The highest BCUT2D eigenvalue weighted by Crippen LogP contribution is 2.34. The fourth-order valence-corrected chi connectivity index (χ4v) is 3.87. The third kappa shape index (κ3) is 3.68. The molecule has 0 bridgehead atoms. The number of hydrogen-bond acceptors (Lipinski definition) is 1. The number of halogens is 1. The Balaban J connectivity index is 1.72. The maximum atomic E-state index is 12.4. The summed E-state index contributed by atoms with van der Waals surface area (Å²) in [5.74, 6) is 0.592. The van der Waals surface area contributed by atoms with E-state index in [0.717, 1.165) is 36.6 Å². The number of amides is 1. The average molecular weight is 350 g/mol. The maximum absolute atomic E-state index is 12.4. The van der Waals surface area contributed by atoms with Crippen LogP contribution in [-0.2, 0) is 11.2 Å². The summed E-state index contributed by atoms with van der Waals surface area (Å²) in [5, 5.41) is 3.45. The minimum absolute atomic E-state index is 0.00124. The van der Waals surface area contributed by atoms with Gasteiger partial charge in [-0.3, -0.25) is 4.79 Å². The quantitative estimate of drug-likeness (QED) is 0.844. The van der Waals surface area contributed by atoms with Crippen LogP contribution in [0.15, 0.2) is 28.7 Å². The van der Waals surface area contributed by atoms with Gasteiger partial charge < -0.3 is 5.32 Å². The van der Waals surface area contributed by atoms with Crippen molar-refractivity contribution < 1.29 is 4.79 Å². The van der Waals surface area contributed by atoms with Gasteiger partial charge in [0.1, 0.15) is 0 Å². The smallest absolute Gasteiger partial charge is 0.223 e. The first kappa shape index (κ1) is 15.1. The van der Waals surface area contributed by atoms with E-state index in [1.54, 1.807) is 0 Å². The van der Waals surface area contributed by atoms with E-state index in [1.165, 1.54) is 31.2 Å². The van der Waals surface area contributed by atoms with E-state index in [-0.39, 0.29) is 11.5 Å². The molecule has 114 valence electrons. The summed E-state index contributed by atoms with van der Waals surface area (Å²) in [6, 6.07) is 8.55. The Morgan fingerprint density at radius 1 is 1.10 bits per heavy atom. The molecule has 21 heavy (non-hydrogen) atoms. The summed E-state index contributed by atoms with van der Waals surface area (Å²) in [7, 11) is 0. The highest BCUT2D eigenvalue weighted by Gasteiger charge is 2.36. The van der Waals surface area contributed by atoms with Crippen LogP contribution >= 0.6 is 15.9 Å². The van der Waals surface area contributed by atoms with E-state index in [9.17, 15) is 4.79 Å². The lowest BCUT2D eigenvalue weighted by Crippen LogP contribution is -2.53. The molecule has 3 rings (SSSR count). The van der Waals surface area contributed by atoms with Crippen LogP contribution in [0.5, 0.6) is 0 Å². The molecule has 0 aromatic heterocycles. The third-order valence-corrected chi connectivity index (χ3v) is 5.66. The maximum Gasteiger partial charge on any atom is 0.223 e. The van der Waals surface area contributed by atoms with Gasteiger partial charge in [0.2, 0.25) is 5.91 Å². The molecule has 2 saturated carbocycles. The Labute approximate surface area is 135 Å². The summed E-state index contributed by atoms with van der Waals surface area (Å²) in [6.45, 7) is 0. The van der Waals surface area contributed by atoms with Crippen molar-refractivity contribution in [2.75, 3.05) is 0 Å². The number of benzene rings is 1. The fourth-order valence-electron chi connectivity index (χ4n) is 3.60. The zero-order valence-electron chi connectivity index (χ0n) is 12.5. The lowest BCUT2D eigenvalue weighted by molar-refractivity contribution is -0.129. The van der Waals surface area contributed by atoms with Crippen molar-refractivity contribution in [1.82, 2.24) is 5.32 Å². The van der Waals surface area contributed by atoms with Crippen molar-refractivity contribution in [2.24, 2.45) is 5.92 Å². The van der Waals surface area contributed by atoms with E-state index >= 15 is 0 Å². The largest absolute Gasteiger partial charge is 0.350 e. The van der Waals surface area contributed by atoms with Crippen LogP contribution in [0.4, 0.5) is 0 Å². The predicted octanol–water partition coefficient (Wildman–Crippen LogP) is 4.61. The molecule has 0 saturated heterocycles. The second-order valence-electron chi connectivity index (χ2n) is 6.76. The standard InChI is InChI=1S/C18H24BrNO/c19-16-9-7-14(8-10-16)13-18(11-2-1-3-12-18)20-17(21)15-5-4-6-15/h7-10,15H,1-6,11-13H2,(H,20,21). The molecule has 1 aromatic rings. The summed E-state index contributed by atoms with van der Waals surface area (Å²) < 4.78 is 1.11. The Bertz CT molecular complexity index is 486. The van der Waals surface area contributed by atoms with Gasteiger partial charge in [0, 0.05) is 15.9 Å². The van der Waals surface area contributed by atoms with Gasteiger partial charge in [0.15, 0.2) is 0 Å². The zero-order chi connectivity index (χ0) is 14.7. The molecular formula is C18H24BrNO. The molecule has 2 aliphatic carbocycles. The van der Waals surface area contributed by atoms with Crippen molar-refractivity contribution >= 4 is 21.8 Å². The number of nitrogens with one attached hydrogen (secondary N) is 1. The van der Waals surface area contributed by atoms with E-state index in [0.29, 0.717) is 5.91 Å². The Morgan fingerprint density at radius 2 is 1.76 bits per heavy atom. The molecule has 0 atom stereocenters. The Morgan fingerprint density at radius 3 is 2.33 bits per heavy atom. The fraction of sp³-hybridized carbons (Fsp3) is 0.611. The average Bonchev–Trinajstić information content (AvgIpc) is 2.40. The molecule has 0 unspecified atom stereocenters. The lowest BCUT2D eigenvalue weighted by atomic mass is 9.76. The van der Waals surface area contributed by atoms with Crippen molar-refractivity contribution in [2.45, 2.75) is 63.3 Å². The third-order valence-electron chi connectivity index (χ3n) is 5.13. The number of hydrogen-bond donors (Lipinski definition) is 1. The van der Waals surface area contributed by atoms with E-state index < -0.39 is 0 Å². The molecular weight excluding hydrogens is 326 g/mol. The molecule has 3 heteroatoms. The Kier molecular flexibility index (Phi) is 4.68. The molecule has 2 nitrogen and oxygen atoms in total. The molecule has 2 fully saturated rings. The molecule has 0 heterocycles. The molecule has 1 N–H and O–H groups in total. The minimum atomic E-state index is -0.00124. The first-order valence-corrected chi connectivity index (χ1v) is 9.03. The summed E-state index contributed by atoms with van der Waals surface area (Å²) in [4.78, 5) is 12.4. The van der Waals surface area contributed by atoms with Crippen molar-refractivity contribution in [3.8, 4) is 0 Å². The molecule has 0 aliphatic heterocycles. The van der Waals surface area contributed by atoms with E-state index in [1.807, 2.05) is 0 Å². The van der Waals surface area contributed by atoms with Gasteiger partial charge in [0.25, 0.3) is 0 Å². The summed E-state index contributed by atoms with van der Waals surface area (Å²) in [6.07, 6.45) is 10.4. The van der Waals surface area contributed by atoms with Gasteiger partial charge in [-0.2, -0.15) is 0 Å². The van der Waals surface area contributed by atoms with Crippen LogP contribution in [0.2, 0.25) is 0 Å². The highest BCUT2D eigenvalue weighted by molar-refractivity contribution is 9.10. The zero-order valence-corrected chi connectivity index (χ0v) is 14.1. The second-order valence-corrected chi connectivity index (χ2v) is 7.68. The van der Waals surface area contributed by atoms with E-state index in [2.05, 4.69) is 45.5 Å². The van der Waals surface area contributed by atoms with Crippen LogP contribution in [-0.4, -0.2) is 11.4 Å². The molecule has 1 aromatic carbocycles. The lowest BCUT2D eigenvalue weighted by Gasteiger charge is -2.40. The van der Waals surface area contributed by atoms with Crippen LogP contribution < -0.4 is 5.32 Å². The Hall–Kier alpha value is -0.830. The molecule has 0 radical (unpaired) electrons. The van der Waals surface area contributed by atoms with Gasteiger partial charge in [0.05, 0.1) is 0 Å². The predicted molar refractivity (Wildman–Crippen MR) is 89.1 cm³/mol. The van der Waals surface area contributed by atoms with E-state index in [4.69, 9.17) is 0 Å². The summed E-state index contributed by atoms with van der Waals surface area (Å²) in [5.41, 5.74) is 1.33. The van der Waals surface area contributed by atoms with Crippen LogP contribution in [0.3, 0.4) is 0 Å². The first-order chi connectivity index (χ1) is 10.2. The topological polar surface area (TPSA) is 29.1 Å². The van der Waals surface area contributed by atoms with Gasteiger partial charge in [-0.05, 0) is 49.8 Å². The van der Waals surface area contributed by atoms with Gasteiger partial charge >= 0.3 is 0 Å². The van der Waals surface area contributed by atoms with Crippen LogP contribution in [0.25, 0.3) is 0 Å². The summed E-state index contributed by atoms with van der Waals surface area (Å²) >= 11 is 3.49. The second kappa shape index (κ2) is 6.51. The highest BCUT2D eigenvalue weighted by atomic mass is 79.9. The number of carbonyl (C=O) groups excluding carboxylic acids is 1. The molecule has 0 spiro atoms. The minimum Gasteiger partial charge on any atom is -0.350 e. The van der Waals surface area contributed by atoms with Crippen molar-refractivity contribution in [3.63, 3.8) is 0 Å². The normalized spacial score (nSPS) is 21.6.